The van der Waals surface area contributed by atoms with Gasteiger partial charge in [0.1, 0.15) is 0 Å². The van der Waals surface area contributed by atoms with E-state index in [2.05, 4.69) is 11.6 Å². The second-order valence-corrected chi connectivity index (χ2v) is 5.35. The summed E-state index contributed by atoms with van der Waals surface area (Å²) in [6.45, 7) is 2.77. The molecule has 0 aromatic rings. The molecule has 0 radical (unpaired) electrons. The summed E-state index contributed by atoms with van der Waals surface area (Å²) in [6, 6.07) is 0. The molecule has 0 spiro atoms. The van der Waals surface area contributed by atoms with Crippen LogP contribution in [0.3, 0.4) is 0 Å². The third-order valence-corrected chi connectivity index (χ3v) is 4.55. The van der Waals surface area contributed by atoms with Crippen molar-refractivity contribution in [2.45, 2.75) is 50.2 Å². The molecule has 0 saturated heterocycles. The van der Waals surface area contributed by atoms with Gasteiger partial charge in [0.05, 0.1) is 0 Å². The maximum absolute atomic E-state index is 11.2. The van der Waals surface area contributed by atoms with Crippen LogP contribution in [0.5, 0.6) is 0 Å². The summed E-state index contributed by atoms with van der Waals surface area (Å²) >= 11 is 1.93. The molecule has 1 N–H and O–H groups in total. The van der Waals surface area contributed by atoms with E-state index in [0.717, 1.165) is 6.54 Å². The van der Waals surface area contributed by atoms with Crippen LogP contribution in [-0.2, 0) is 4.79 Å². The van der Waals surface area contributed by atoms with Crippen LogP contribution in [0.1, 0.15) is 45.4 Å². The number of thioether (sulfide) groups is 1. The van der Waals surface area contributed by atoms with Crippen molar-refractivity contribution in [2.24, 2.45) is 0 Å². The fourth-order valence-electron chi connectivity index (χ4n) is 2.03. The van der Waals surface area contributed by atoms with Crippen LogP contribution in [0.2, 0.25) is 0 Å². The molecule has 0 aromatic carbocycles. The summed E-state index contributed by atoms with van der Waals surface area (Å²) in [5.41, 5.74) is 0. The highest BCUT2D eigenvalue weighted by Gasteiger charge is 2.31. The van der Waals surface area contributed by atoms with Crippen molar-refractivity contribution in [1.82, 2.24) is 5.32 Å². The Morgan fingerprint density at radius 2 is 2.00 bits per heavy atom. The molecule has 0 unspecified atom stereocenters. The van der Waals surface area contributed by atoms with E-state index >= 15 is 0 Å². The molecule has 2 nitrogen and oxygen atoms in total. The van der Waals surface area contributed by atoms with Crippen LogP contribution in [0.15, 0.2) is 0 Å². The zero-order valence-electron chi connectivity index (χ0n) is 9.27. The predicted octanol–water partition coefficient (Wildman–Crippen LogP) is 2.58. The number of rotatable bonds is 4. The minimum absolute atomic E-state index is 0.184. The van der Waals surface area contributed by atoms with Crippen LogP contribution in [-0.4, -0.2) is 23.5 Å². The van der Waals surface area contributed by atoms with Gasteiger partial charge in [0.15, 0.2) is 0 Å². The number of hydrogen-bond donors (Lipinski definition) is 1. The zero-order chi connectivity index (χ0) is 10.4. The average molecular weight is 215 g/mol. The van der Waals surface area contributed by atoms with Gasteiger partial charge < -0.3 is 5.32 Å². The Bertz CT molecular complexity index is 188. The van der Waals surface area contributed by atoms with Gasteiger partial charge in [-0.25, -0.2) is 0 Å². The molecule has 0 bridgehead atoms. The van der Waals surface area contributed by atoms with E-state index in [1.807, 2.05) is 18.7 Å². The highest BCUT2D eigenvalue weighted by atomic mass is 32.2. The van der Waals surface area contributed by atoms with Crippen LogP contribution in [0.25, 0.3) is 0 Å². The summed E-state index contributed by atoms with van der Waals surface area (Å²) in [7, 11) is 0. The quantitative estimate of drug-likeness (QED) is 0.781. The van der Waals surface area contributed by atoms with Crippen LogP contribution >= 0.6 is 11.8 Å². The van der Waals surface area contributed by atoms with Crippen molar-refractivity contribution in [3.05, 3.63) is 0 Å². The molecule has 0 aromatic heterocycles. The van der Waals surface area contributed by atoms with Crippen molar-refractivity contribution in [3.63, 3.8) is 0 Å². The maximum Gasteiger partial charge on any atom is 0.219 e. The number of carbonyl (C=O) groups excluding carboxylic acids is 1. The van der Waals surface area contributed by atoms with Crippen LogP contribution in [0, 0.1) is 0 Å². The van der Waals surface area contributed by atoms with Gasteiger partial charge in [-0.05, 0) is 19.1 Å². The molecule has 0 atom stereocenters. The van der Waals surface area contributed by atoms with Crippen LogP contribution in [0.4, 0.5) is 0 Å². The first-order valence-corrected chi connectivity index (χ1v) is 6.77. The third kappa shape index (κ3) is 3.19. The van der Waals surface area contributed by atoms with E-state index in [-0.39, 0.29) is 5.91 Å². The second kappa shape index (κ2) is 5.64. The molecule has 3 heteroatoms. The highest BCUT2D eigenvalue weighted by molar-refractivity contribution is 8.00. The molecule has 1 saturated carbocycles. The summed E-state index contributed by atoms with van der Waals surface area (Å²) in [4.78, 5) is 11.2. The Kier molecular flexibility index (Phi) is 4.79. The largest absolute Gasteiger partial charge is 0.355 e. The predicted molar refractivity (Wildman–Crippen MR) is 62.6 cm³/mol. The standard InChI is InChI=1S/C11H21NOS/c1-3-10(13)12-9-11(14-2)7-5-4-6-8-11/h3-9H2,1-2H3,(H,12,13). The molecular weight excluding hydrogens is 194 g/mol. The maximum atomic E-state index is 11.2. The van der Waals surface area contributed by atoms with Crippen LogP contribution < -0.4 is 5.32 Å². The first-order valence-electron chi connectivity index (χ1n) is 5.54. The van der Waals surface area contributed by atoms with Crippen molar-refractivity contribution in [3.8, 4) is 0 Å². The Balaban J connectivity index is 2.39. The molecule has 1 amide bonds. The van der Waals surface area contributed by atoms with Gasteiger partial charge in [0.2, 0.25) is 5.91 Å². The minimum Gasteiger partial charge on any atom is -0.355 e. The molecule has 0 heterocycles. The fourth-order valence-corrected chi connectivity index (χ4v) is 2.95. The lowest BCUT2D eigenvalue weighted by Crippen LogP contribution is -2.41. The number of carbonyl (C=O) groups is 1. The van der Waals surface area contributed by atoms with E-state index in [4.69, 9.17) is 0 Å². The second-order valence-electron chi connectivity index (χ2n) is 4.08. The molecular formula is C11H21NOS. The first kappa shape index (κ1) is 11.9. The Morgan fingerprint density at radius 3 is 2.50 bits per heavy atom. The highest BCUT2D eigenvalue weighted by Crippen LogP contribution is 2.37. The molecule has 1 fully saturated rings. The molecule has 1 aliphatic rings. The monoisotopic (exact) mass is 215 g/mol. The molecule has 14 heavy (non-hydrogen) atoms. The van der Waals surface area contributed by atoms with E-state index < -0.39 is 0 Å². The van der Waals surface area contributed by atoms with Crippen molar-refractivity contribution >= 4 is 17.7 Å². The van der Waals surface area contributed by atoms with E-state index in [0.29, 0.717) is 11.2 Å². The Labute approximate surface area is 91.2 Å². The molecule has 1 aliphatic carbocycles. The third-order valence-electron chi connectivity index (χ3n) is 3.13. The van der Waals surface area contributed by atoms with Gasteiger partial charge in [-0.1, -0.05) is 26.2 Å². The smallest absolute Gasteiger partial charge is 0.219 e. The lowest BCUT2D eigenvalue weighted by molar-refractivity contribution is -0.120. The first-order chi connectivity index (χ1) is 6.72. The van der Waals surface area contributed by atoms with Crippen molar-refractivity contribution in [1.29, 1.82) is 0 Å². The van der Waals surface area contributed by atoms with Gasteiger partial charge >= 0.3 is 0 Å². The average Bonchev–Trinajstić information content (AvgIpc) is 2.27. The summed E-state index contributed by atoms with van der Waals surface area (Å²) in [5.74, 6) is 0.184. The van der Waals surface area contributed by atoms with Crippen molar-refractivity contribution in [2.75, 3.05) is 12.8 Å². The molecule has 0 aliphatic heterocycles. The molecule has 1 rings (SSSR count). The van der Waals surface area contributed by atoms with Gasteiger partial charge in [0, 0.05) is 17.7 Å². The normalized spacial score (nSPS) is 20.4. The number of nitrogens with one attached hydrogen (secondary N) is 1. The van der Waals surface area contributed by atoms with Gasteiger partial charge in [-0.15, -0.1) is 0 Å². The lowest BCUT2D eigenvalue weighted by atomic mass is 9.88. The van der Waals surface area contributed by atoms with Crippen molar-refractivity contribution < 1.29 is 4.79 Å². The van der Waals surface area contributed by atoms with E-state index in [1.54, 1.807) is 0 Å². The van der Waals surface area contributed by atoms with Gasteiger partial charge in [-0.2, -0.15) is 11.8 Å². The number of hydrogen-bond acceptors (Lipinski definition) is 2. The minimum atomic E-state index is 0.184. The van der Waals surface area contributed by atoms with E-state index in [9.17, 15) is 4.79 Å². The Hall–Kier alpha value is -0.180. The van der Waals surface area contributed by atoms with Gasteiger partial charge in [-0.3, -0.25) is 4.79 Å². The topological polar surface area (TPSA) is 29.1 Å². The summed E-state index contributed by atoms with van der Waals surface area (Å²) < 4.78 is 0.336. The fraction of sp³-hybridized carbons (Fsp3) is 0.909. The summed E-state index contributed by atoms with van der Waals surface area (Å²) in [6.07, 6.45) is 9.31. The Morgan fingerprint density at radius 1 is 1.36 bits per heavy atom. The summed E-state index contributed by atoms with van der Waals surface area (Å²) in [5, 5.41) is 3.03. The SMILES string of the molecule is CCC(=O)NCC1(SC)CCCCC1. The van der Waals surface area contributed by atoms with E-state index in [1.165, 1.54) is 32.1 Å². The van der Waals surface area contributed by atoms with Gasteiger partial charge in [0.25, 0.3) is 0 Å². The molecule has 82 valence electrons. The zero-order valence-corrected chi connectivity index (χ0v) is 10.1. The number of amides is 1. The lowest BCUT2D eigenvalue weighted by Gasteiger charge is -2.35.